The molecule has 2 N–H and O–H groups in total. The first kappa shape index (κ1) is 12.0. The summed E-state index contributed by atoms with van der Waals surface area (Å²) in [6, 6.07) is 0.812. The lowest BCUT2D eigenvalue weighted by Gasteiger charge is -2.26. The van der Waals surface area contributed by atoms with Gasteiger partial charge in [-0.1, -0.05) is 6.92 Å². The number of hydrogen-bond donors (Lipinski definition) is 2. The Balaban J connectivity index is 2.30. The van der Waals surface area contributed by atoms with Crippen molar-refractivity contribution in [2.24, 2.45) is 5.41 Å². The Hall–Kier alpha value is -0.120. The summed E-state index contributed by atoms with van der Waals surface area (Å²) in [7, 11) is 1.70. The fourth-order valence-electron chi connectivity index (χ4n) is 1.76. The van der Waals surface area contributed by atoms with Gasteiger partial charge in [-0.15, -0.1) is 0 Å². The van der Waals surface area contributed by atoms with Crippen LogP contribution >= 0.6 is 0 Å². The zero-order valence-corrected chi connectivity index (χ0v) is 9.55. The first-order valence-corrected chi connectivity index (χ1v) is 5.48. The van der Waals surface area contributed by atoms with E-state index in [9.17, 15) is 0 Å². The maximum absolute atomic E-state index is 8.90. The van der Waals surface area contributed by atoms with Crippen molar-refractivity contribution in [3.05, 3.63) is 0 Å². The molecule has 3 nitrogen and oxygen atoms in total. The Morgan fingerprint density at radius 2 is 2.14 bits per heavy atom. The molecule has 0 heterocycles. The number of nitrogens with one attached hydrogen (secondary N) is 1. The Morgan fingerprint density at radius 1 is 1.50 bits per heavy atom. The molecule has 0 amide bonds. The van der Waals surface area contributed by atoms with Crippen LogP contribution in [0.4, 0.5) is 0 Å². The summed E-state index contributed by atoms with van der Waals surface area (Å²) in [5, 5.41) is 12.4. The van der Waals surface area contributed by atoms with Crippen LogP contribution in [0.3, 0.4) is 0 Å². The van der Waals surface area contributed by atoms with E-state index in [2.05, 4.69) is 19.2 Å². The van der Waals surface area contributed by atoms with Crippen LogP contribution in [0.25, 0.3) is 0 Å². The third-order valence-electron chi connectivity index (χ3n) is 3.42. The van der Waals surface area contributed by atoms with Crippen molar-refractivity contribution in [3.63, 3.8) is 0 Å². The van der Waals surface area contributed by atoms with E-state index in [1.807, 2.05) is 0 Å². The highest BCUT2D eigenvalue weighted by atomic mass is 16.5. The molecule has 0 aromatic carbocycles. The number of aliphatic hydroxyl groups is 1. The molecular formula is C11H23NO2. The van der Waals surface area contributed by atoms with Gasteiger partial charge in [0.1, 0.15) is 0 Å². The largest absolute Gasteiger partial charge is 0.396 e. The van der Waals surface area contributed by atoms with E-state index >= 15 is 0 Å². The molecule has 0 saturated heterocycles. The van der Waals surface area contributed by atoms with Gasteiger partial charge in [-0.3, -0.25) is 0 Å². The van der Waals surface area contributed by atoms with Gasteiger partial charge in [0.2, 0.25) is 0 Å². The van der Waals surface area contributed by atoms with Crippen LogP contribution < -0.4 is 5.32 Å². The van der Waals surface area contributed by atoms with Crippen LogP contribution in [0, 0.1) is 5.41 Å². The maximum atomic E-state index is 8.90. The minimum atomic E-state index is 0.227. The van der Waals surface area contributed by atoms with Gasteiger partial charge in [0.15, 0.2) is 0 Å². The minimum Gasteiger partial charge on any atom is -0.396 e. The van der Waals surface area contributed by atoms with Crippen LogP contribution in [0.1, 0.15) is 33.1 Å². The number of rotatable bonds is 7. The van der Waals surface area contributed by atoms with Gasteiger partial charge in [-0.05, 0) is 31.6 Å². The Labute approximate surface area is 86.8 Å². The highest BCUT2D eigenvalue weighted by Crippen LogP contribution is 2.48. The predicted octanol–water partition coefficient (Wildman–Crippen LogP) is 1.16. The van der Waals surface area contributed by atoms with Crippen molar-refractivity contribution < 1.29 is 9.84 Å². The molecule has 1 rings (SSSR count). The van der Waals surface area contributed by atoms with Crippen molar-refractivity contribution in [1.29, 1.82) is 0 Å². The summed E-state index contributed by atoms with van der Waals surface area (Å²) in [6.45, 7) is 5.45. The molecule has 14 heavy (non-hydrogen) atoms. The van der Waals surface area contributed by atoms with Crippen molar-refractivity contribution >= 4 is 0 Å². The molecular weight excluding hydrogens is 178 g/mol. The van der Waals surface area contributed by atoms with Gasteiger partial charge in [-0.25, -0.2) is 0 Å². The zero-order valence-electron chi connectivity index (χ0n) is 9.55. The number of methoxy groups -OCH3 is 1. The van der Waals surface area contributed by atoms with Crippen LogP contribution in [0.15, 0.2) is 0 Å². The smallest absolute Gasteiger partial charge is 0.0616 e. The van der Waals surface area contributed by atoms with Crippen molar-refractivity contribution in [3.8, 4) is 0 Å². The van der Waals surface area contributed by atoms with Gasteiger partial charge in [-0.2, -0.15) is 0 Å². The normalized spacial score (nSPS) is 23.1. The molecule has 0 aliphatic heterocycles. The average Bonchev–Trinajstić information content (AvgIpc) is 2.86. The summed E-state index contributed by atoms with van der Waals surface area (Å²) >= 11 is 0. The van der Waals surface area contributed by atoms with E-state index in [4.69, 9.17) is 9.84 Å². The second-order valence-corrected chi connectivity index (χ2v) is 4.71. The molecule has 1 aliphatic carbocycles. The molecule has 2 unspecified atom stereocenters. The summed E-state index contributed by atoms with van der Waals surface area (Å²) in [6.07, 6.45) is 3.41. The fraction of sp³-hybridized carbons (Fsp3) is 1.00. The summed E-state index contributed by atoms with van der Waals surface area (Å²) in [5.74, 6) is 0. The van der Waals surface area contributed by atoms with E-state index < -0.39 is 0 Å². The van der Waals surface area contributed by atoms with Crippen LogP contribution in [0.2, 0.25) is 0 Å². The number of aliphatic hydroxyl groups excluding tert-OH is 1. The molecule has 0 spiro atoms. The van der Waals surface area contributed by atoms with Crippen LogP contribution in [0.5, 0.6) is 0 Å². The predicted molar refractivity (Wildman–Crippen MR) is 57.3 cm³/mol. The Morgan fingerprint density at radius 3 is 2.57 bits per heavy atom. The standard InChI is InChI=1S/C11H23NO2/c1-9(11(2)5-6-11)12-10(4-7-13)8-14-3/h9-10,12-13H,4-8H2,1-3H3. The monoisotopic (exact) mass is 201 g/mol. The van der Waals surface area contributed by atoms with E-state index in [0.29, 0.717) is 18.1 Å². The second-order valence-electron chi connectivity index (χ2n) is 4.71. The molecule has 2 atom stereocenters. The molecule has 1 aliphatic rings. The molecule has 0 radical (unpaired) electrons. The van der Waals surface area contributed by atoms with E-state index in [0.717, 1.165) is 6.42 Å². The number of ether oxygens (including phenoxy) is 1. The molecule has 1 fully saturated rings. The Kier molecular flexibility index (Phi) is 4.35. The van der Waals surface area contributed by atoms with Crippen molar-refractivity contribution in [1.82, 2.24) is 5.32 Å². The highest BCUT2D eigenvalue weighted by Gasteiger charge is 2.42. The van der Waals surface area contributed by atoms with Crippen molar-refractivity contribution in [2.45, 2.75) is 45.2 Å². The molecule has 0 aromatic heterocycles. The zero-order chi connectivity index (χ0) is 10.6. The summed E-state index contributed by atoms with van der Waals surface area (Å²) in [5.41, 5.74) is 0.488. The second kappa shape index (κ2) is 5.10. The summed E-state index contributed by atoms with van der Waals surface area (Å²) < 4.78 is 5.12. The highest BCUT2D eigenvalue weighted by molar-refractivity contribution is 4.97. The summed E-state index contributed by atoms with van der Waals surface area (Å²) in [4.78, 5) is 0. The Bertz CT molecular complexity index is 163. The van der Waals surface area contributed by atoms with Gasteiger partial charge >= 0.3 is 0 Å². The fourth-order valence-corrected chi connectivity index (χ4v) is 1.76. The SMILES string of the molecule is COCC(CCO)NC(C)C1(C)CC1. The molecule has 0 aromatic rings. The minimum absolute atomic E-state index is 0.227. The van der Waals surface area contributed by atoms with Gasteiger partial charge in [0.05, 0.1) is 6.61 Å². The van der Waals surface area contributed by atoms with Gasteiger partial charge < -0.3 is 15.2 Å². The van der Waals surface area contributed by atoms with E-state index in [-0.39, 0.29) is 12.6 Å². The third-order valence-corrected chi connectivity index (χ3v) is 3.42. The van der Waals surface area contributed by atoms with Gasteiger partial charge in [0, 0.05) is 25.8 Å². The van der Waals surface area contributed by atoms with Crippen LogP contribution in [-0.4, -0.2) is 37.5 Å². The first-order valence-electron chi connectivity index (χ1n) is 5.48. The van der Waals surface area contributed by atoms with Gasteiger partial charge in [0.25, 0.3) is 0 Å². The first-order chi connectivity index (χ1) is 6.62. The lowest BCUT2D eigenvalue weighted by molar-refractivity contribution is 0.137. The van der Waals surface area contributed by atoms with Crippen molar-refractivity contribution in [2.75, 3.05) is 20.3 Å². The topological polar surface area (TPSA) is 41.5 Å². The average molecular weight is 201 g/mol. The number of hydrogen-bond acceptors (Lipinski definition) is 3. The van der Waals surface area contributed by atoms with E-state index in [1.54, 1.807) is 7.11 Å². The van der Waals surface area contributed by atoms with Crippen LogP contribution in [-0.2, 0) is 4.74 Å². The molecule has 84 valence electrons. The quantitative estimate of drug-likeness (QED) is 0.649. The molecule has 1 saturated carbocycles. The molecule has 3 heteroatoms. The molecule has 0 bridgehead atoms. The van der Waals surface area contributed by atoms with E-state index in [1.165, 1.54) is 12.8 Å². The lowest BCUT2D eigenvalue weighted by atomic mass is 9.99. The maximum Gasteiger partial charge on any atom is 0.0616 e. The third kappa shape index (κ3) is 3.23. The lowest BCUT2D eigenvalue weighted by Crippen LogP contribution is -2.43.